The second-order valence-electron chi connectivity index (χ2n) is 10.5. The van der Waals surface area contributed by atoms with Crippen LogP contribution in [0.4, 0.5) is 0 Å². The van der Waals surface area contributed by atoms with Crippen LogP contribution < -0.4 is 5.32 Å². The van der Waals surface area contributed by atoms with Crippen LogP contribution in [0.3, 0.4) is 0 Å². The first-order chi connectivity index (χ1) is 16.9. The number of carbonyl (C=O) groups is 2. The van der Waals surface area contributed by atoms with E-state index < -0.39 is 6.10 Å². The third-order valence-corrected chi connectivity index (χ3v) is 7.00. The van der Waals surface area contributed by atoms with Crippen molar-refractivity contribution in [2.75, 3.05) is 7.11 Å². The molecular formula is C29H45NO6. The van der Waals surface area contributed by atoms with Gasteiger partial charge in [0.2, 0.25) is 5.91 Å². The number of amides is 1. The average Bonchev–Trinajstić information content (AvgIpc) is 2.82. The Kier molecular flexibility index (Phi) is 11.5. The number of esters is 1. The zero-order chi connectivity index (χ0) is 26.9. The molecule has 2 saturated heterocycles. The number of hydrogen-bond acceptors (Lipinski definition) is 6. The summed E-state index contributed by atoms with van der Waals surface area (Å²) in [7, 11) is 1.76. The van der Waals surface area contributed by atoms with Crippen molar-refractivity contribution in [3.05, 3.63) is 41.4 Å². The van der Waals surface area contributed by atoms with Crippen LogP contribution in [-0.2, 0) is 28.5 Å². The Morgan fingerprint density at radius 3 is 2.67 bits per heavy atom. The van der Waals surface area contributed by atoms with Crippen LogP contribution in [0, 0.1) is 5.92 Å². The first-order valence-electron chi connectivity index (χ1n) is 13.1. The molecule has 2 rings (SSSR count). The molecule has 2 aliphatic rings. The third kappa shape index (κ3) is 9.61. The largest absolute Gasteiger partial charge is 0.487 e. The molecule has 36 heavy (non-hydrogen) atoms. The van der Waals surface area contributed by atoms with Gasteiger partial charge >= 0.3 is 5.97 Å². The summed E-state index contributed by atoms with van der Waals surface area (Å²) in [6.45, 7) is 13.5. The van der Waals surface area contributed by atoms with Crippen molar-refractivity contribution in [3.63, 3.8) is 0 Å². The number of carbonyl (C=O) groups excluding carboxylic acids is 2. The lowest BCUT2D eigenvalue weighted by atomic mass is 9.88. The van der Waals surface area contributed by atoms with Gasteiger partial charge in [-0.2, -0.15) is 0 Å². The van der Waals surface area contributed by atoms with E-state index in [9.17, 15) is 9.59 Å². The van der Waals surface area contributed by atoms with Crippen molar-refractivity contribution in [1.29, 1.82) is 0 Å². The zero-order valence-corrected chi connectivity index (χ0v) is 23.3. The van der Waals surface area contributed by atoms with E-state index in [4.69, 9.17) is 18.9 Å². The lowest BCUT2D eigenvalue weighted by Gasteiger charge is -2.39. The van der Waals surface area contributed by atoms with Gasteiger partial charge in [-0.1, -0.05) is 25.7 Å². The fraction of sp³-hybridized carbons (Fsp3) is 0.690. The Morgan fingerprint density at radius 2 is 2.03 bits per heavy atom. The molecule has 1 N–H and O–H groups in total. The van der Waals surface area contributed by atoms with Gasteiger partial charge in [0.1, 0.15) is 18.0 Å². The van der Waals surface area contributed by atoms with Crippen LogP contribution in [0.1, 0.15) is 80.6 Å². The lowest BCUT2D eigenvalue weighted by Crippen LogP contribution is -2.50. The molecule has 6 unspecified atom stereocenters. The van der Waals surface area contributed by atoms with Crippen molar-refractivity contribution >= 4 is 11.9 Å². The van der Waals surface area contributed by atoms with Gasteiger partial charge in [0, 0.05) is 33.0 Å². The second kappa shape index (κ2) is 13.8. The summed E-state index contributed by atoms with van der Waals surface area (Å²) in [5, 5.41) is 3.02. The Labute approximate surface area is 217 Å². The van der Waals surface area contributed by atoms with Gasteiger partial charge in [0.15, 0.2) is 0 Å². The molecule has 2 heterocycles. The van der Waals surface area contributed by atoms with Crippen LogP contribution in [0.2, 0.25) is 0 Å². The van der Waals surface area contributed by atoms with Crippen molar-refractivity contribution < 1.29 is 28.5 Å². The predicted molar refractivity (Wildman–Crippen MR) is 140 cm³/mol. The summed E-state index contributed by atoms with van der Waals surface area (Å²) in [5.74, 6) is 0.542. The standard InChI is InChI=1S/C29H45NO6/c1-9-24-17-29(7,33-8)18-25(36-24)13-10-19(2)11-14-27-20(3)16-26(22(5)35-27)30-28(32)15-12-21(4)34-23(6)31/h10-12,15,20-22,24,26-27H,9,14,16-18H2,1-8H3,(H,30,32)/b15-12-,19-11+/t13?,20?,21?,22?,24-,26?,27?,29?/m1/s1. The summed E-state index contributed by atoms with van der Waals surface area (Å²) in [6, 6.07) is -0.0720. The minimum atomic E-state index is -0.446. The molecule has 0 aromatic carbocycles. The maximum atomic E-state index is 12.3. The molecular weight excluding hydrogens is 458 g/mol. The topological polar surface area (TPSA) is 83.1 Å². The maximum Gasteiger partial charge on any atom is 0.303 e. The summed E-state index contributed by atoms with van der Waals surface area (Å²) in [5.41, 5.74) is 4.24. The molecule has 2 fully saturated rings. The molecule has 0 spiro atoms. The van der Waals surface area contributed by atoms with E-state index in [1.54, 1.807) is 20.1 Å². The average molecular weight is 504 g/mol. The number of hydrogen-bond donors (Lipinski definition) is 1. The Morgan fingerprint density at radius 1 is 1.31 bits per heavy atom. The van der Waals surface area contributed by atoms with Gasteiger partial charge < -0.3 is 24.3 Å². The van der Waals surface area contributed by atoms with Gasteiger partial charge in [-0.05, 0) is 70.6 Å². The van der Waals surface area contributed by atoms with Gasteiger partial charge in [-0.15, -0.1) is 0 Å². The van der Waals surface area contributed by atoms with Crippen molar-refractivity contribution in [1.82, 2.24) is 5.32 Å². The fourth-order valence-corrected chi connectivity index (χ4v) is 4.67. The highest BCUT2D eigenvalue weighted by Crippen LogP contribution is 2.34. The molecule has 1 amide bonds. The highest BCUT2D eigenvalue weighted by atomic mass is 16.5. The Balaban J connectivity index is 1.92. The number of nitrogens with one attached hydrogen (secondary N) is 1. The molecule has 0 aliphatic carbocycles. The van der Waals surface area contributed by atoms with Crippen molar-refractivity contribution in [2.24, 2.45) is 5.92 Å². The molecule has 2 aliphatic heterocycles. The third-order valence-electron chi connectivity index (χ3n) is 7.00. The molecule has 0 aromatic heterocycles. The van der Waals surface area contributed by atoms with E-state index in [0.717, 1.165) is 43.4 Å². The van der Waals surface area contributed by atoms with Crippen LogP contribution in [0.5, 0.6) is 0 Å². The van der Waals surface area contributed by atoms with E-state index in [-0.39, 0.29) is 47.7 Å². The minimum Gasteiger partial charge on any atom is -0.487 e. The number of methoxy groups -OCH3 is 1. The monoisotopic (exact) mass is 503 g/mol. The number of ether oxygens (including phenoxy) is 4. The normalized spacial score (nSPS) is 31.8. The number of rotatable bonds is 9. The second-order valence-corrected chi connectivity index (χ2v) is 10.5. The van der Waals surface area contributed by atoms with E-state index in [0.29, 0.717) is 0 Å². The van der Waals surface area contributed by atoms with Gasteiger partial charge in [-0.25, -0.2) is 0 Å². The molecule has 7 atom stereocenters. The minimum absolute atomic E-state index is 0.0720. The molecule has 0 radical (unpaired) electrons. The lowest BCUT2D eigenvalue weighted by molar-refractivity contribution is -0.143. The van der Waals surface area contributed by atoms with Crippen LogP contribution >= 0.6 is 0 Å². The molecule has 0 bridgehead atoms. The van der Waals surface area contributed by atoms with Crippen molar-refractivity contribution in [2.45, 2.75) is 117 Å². The Hall–Kier alpha value is -2.34. The van der Waals surface area contributed by atoms with Gasteiger partial charge in [-0.3, -0.25) is 9.59 Å². The van der Waals surface area contributed by atoms with E-state index in [2.05, 4.69) is 44.8 Å². The maximum absolute atomic E-state index is 12.3. The quantitative estimate of drug-likeness (QED) is 0.202. The predicted octanol–water partition coefficient (Wildman–Crippen LogP) is 5.16. The first kappa shape index (κ1) is 29.9. The molecule has 7 heteroatoms. The Bertz CT molecular complexity index is 886. The fourth-order valence-electron chi connectivity index (χ4n) is 4.67. The SMILES string of the molecule is CC[C@@H]1CC(C)(OC)CC(=C=C/C(C)=C/CC2OC(C)C(NC(=O)/C=C\C(C)OC(C)=O)CC2C)O1. The summed E-state index contributed by atoms with van der Waals surface area (Å²) < 4.78 is 23.1. The molecule has 202 valence electrons. The van der Waals surface area contributed by atoms with Gasteiger partial charge in [0.25, 0.3) is 0 Å². The number of allylic oxidation sites excluding steroid dienone is 1. The summed E-state index contributed by atoms with van der Waals surface area (Å²) in [6.07, 6.45) is 11.0. The van der Waals surface area contributed by atoms with E-state index in [1.165, 1.54) is 13.0 Å². The first-order valence-corrected chi connectivity index (χ1v) is 13.1. The zero-order valence-electron chi connectivity index (χ0n) is 23.3. The smallest absolute Gasteiger partial charge is 0.303 e. The van der Waals surface area contributed by atoms with Crippen molar-refractivity contribution in [3.8, 4) is 0 Å². The van der Waals surface area contributed by atoms with Crippen LogP contribution in [0.25, 0.3) is 0 Å². The summed E-state index contributed by atoms with van der Waals surface area (Å²) >= 11 is 0. The van der Waals surface area contributed by atoms with E-state index in [1.807, 2.05) is 13.0 Å². The summed E-state index contributed by atoms with van der Waals surface area (Å²) in [4.78, 5) is 23.3. The van der Waals surface area contributed by atoms with E-state index >= 15 is 0 Å². The van der Waals surface area contributed by atoms with Crippen LogP contribution in [-0.4, -0.2) is 55.0 Å². The molecule has 0 aromatic rings. The van der Waals surface area contributed by atoms with Gasteiger partial charge in [0.05, 0.1) is 23.9 Å². The van der Waals surface area contributed by atoms with Crippen LogP contribution in [0.15, 0.2) is 41.4 Å². The highest BCUT2D eigenvalue weighted by Gasteiger charge is 2.35. The highest BCUT2D eigenvalue weighted by molar-refractivity contribution is 5.87. The molecule has 7 nitrogen and oxygen atoms in total. The molecule has 0 saturated carbocycles.